The molecule has 3 heteroatoms. The Morgan fingerprint density at radius 3 is 2.88 bits per heavy atom. The number of fused-ring (bicyclic) bond motifs is 1. The molecule has 1 N–H and O–H groups in total. The summed E-state index contributed by atoms with van der Waals surface area (Å²) in [5.41, 5.74) is 3.11. The van der Waals surface area contributed by atoms with Gasteiger partial charge in [-0.05, 0) is 36.6 Å². The van der Waals surface area contributed by atoms with Gasteiger partial charge in [-0.25, -0.2) is 4.98 Å². The van der Waals surface area contributed by atoms with Gasteiger partial charge in [0.1, 0.15) is 5.52 Å². The second-order valence-corrected chi connectivity index (χ2v) is 4.49. The lowest BCUT2D eigenvalue weighted by molar-refractivity contribution is 0.478. The Balaban J connectivity index is 2.35. The summed E-state index contributed by atoms with van der Waals surface area (Å²) in [5, 5.41) is 3.24. The number of hydrogen-bond donors (Lipinski definition) is 1. The van der Waals surface area contributed by atoms with E-state index >= 15 is 0 Å². The van der Waals surface area contributed by atoms with Crippen molar-refractivity contribution in [2.75, 3.05) is 13.6 Å². The number of rotatable bonds is 4. The highest BCUT2D eigenvalue weighted by atomic mass is 16.3. The number of likely N-dealkylation sites (N-methyl/N-ethyl adjacent to an activating group) is 1. The van der Waals surface area contributed by atoms with E-state index in [0.29, 0.717) is 11.8 Å². The smallest absolute Gasteiger partial charge is 0.181 e. The Kier molecular flexibility index (Phi) is 3.25. The number of oxazole rings is 1. The number of nitrogens with zero attached hydrogens (tertiary/aromatic N) is 1. The normalized spacial score (nSPS) is 13.5. The molecule has 0 aliphatic heterocycles. The monoisotopic (exact) mass is 218 g/mol. The molecule has 1 heterocycles. The maximum Gasteiger partial charge on any atom is 0.181 e. The SMILES string of the molecule is CNCC(c1ccc2ncoc2c1)C(C)C. The van der Waals surface area contributed by atoms with Crippen molar-refractivity contribution in [2.45, 2.75) is 19.8 Å². The first-order valence-corrected chi connectivity index (χ1v) is 5.70. The minimum atomic E-state index is 0.513. The fourth-order valence-corrected chi connectivity index (χ4v) is 2.06. The zero-order valence-electron chi connectivity index (χ0n) is 10.0. The third kappa shape index (κ3) is 2.09. The number of nitrogens with one attached hydrogen (secondary N) is 1. The minimum Gasteiger partial charge on any atom is -0.443 e. The predicted molar refractivity (Wildman–Crippen MR) is 65.5 cm³/mol. The molecule has 1 unspecified atom stereocenters. The summed E-state index contributed by atoms with van der Waals surface area (Å²) in [6, 6.07) is 6.27. The Bertz CT molecular complexity index is 462. The molecule has 2 aromatic rings. The van der Waals surface area contributed by atoms with Crippen LogP contribution in [0, 0.1) is 5.92 Å². The van der Waals surface area contributed by atoms with Crippen LogP contribution in [-0.2, 0) is 0 Å². The van der Waals surface area contributed by atoms with Crippen LogP contribution in [0.2, 0.25) is 0 Å². The first-order chi connectivity index (χ1) is 7.72. The average molecular weight is 218 g/mol. The summed E-state index contributed by atoms with van der Waals surface area (Å²) in [6.45, 7) is 5.47. The van der Waals surface area contributed by atoms with Gasteiger partial charge in [-0.15, -0.1) is 0 Å². The van der Waals surface area contributed by atoms with Crippen LogP contribution in [0.25, 0.3) is 11.1 Å². The zero-order chi connectivity index (χ0) is 11.5. The fraction of sp³-hybridized carbons (Fsp3) is 0.462. The maximum atomic E-state index is 5.34. The maximum absolute atomic E-state index is 5.34. The van der Waals surface area contributed by atoms with E-state index in [0.717, 1.165) is 17.6 Å². The summed E-state index contributed by atoms with van der Waals surface area (Å²) in [6.07, 6.45) is 1.50. The second-order valence-electron chi connectivity index (χ2n) is 4.49. The van der Waals surface area contributed by atoms with Crippen molar-refractivity contribution in [1.29, 1.82) is 0 Å². The van der Waals surface area contributed by atoms with Crippen molar-refractivity contribution in [3.63, 3.8) is 0 Å². The molecular formula is C13H18N2O. The van der Waals surface area contributed by atoms with Gasteiger partial charge in [0.25, 0.3) is 0 Å². The van der Waals surface area contributed by atoms with E-state index < -0.39 is 0 Å². The molecule has 0 aliphatic carbocycles. The van der Waals surface area contributed by atoms with Crippen molar-refractivity contribution >= 4 is 11.1 Å². The van der Waals surface area contributed by atoms with E-state index in [1.165, 1.54) is 12.0 Å². The van der Waals surface area contributed by atoms with Gasteiger partial charge in [0.05, 0.1) is 0 Å². The van der Waals surface area contributed by atoms with Crippen LogP contribution in [0.4, 0.5) is 0 Å². The van der Waals surface area contributed by atoms with Crippen molar-refractivity contribution in [1.82, 2.24) is 10.3 Å². The molecule has 0 amide bonds. The van der Waals surface area contributed by atoms with Crippen molar-refractivity contribution < 1.29 is 4.42 Å². The Morgan fingerprint density at radius 2 is 2.19 bits per heavy atom. The highest BCUT2D eigenvalue weighted by Crippen LogP contribution is 2.26. The van der Waals surface area contributed by atoms with E-state index in [9.17, 15) is 0 Å². The predicted octanol–water partition coefficient (Wildman–Crippen LogP) is 2.79. The van der Waals surface area contributed by atoms with Gasteiger partial charge in [-0.2, -0.15) is 0 Å². The van der Waals surface area contributed by atoms with Crippen LogP contribution < -0.4 is 5.32 Å². The molecule has 1 aromatic carbocycles. The molecule has 0 bridgehead atoms. The van der Waals surface area contributed by atoms with Crippen molar-refractivity contribution in [2.24, 2.45) is 5.92 Å². The van der Waals surface area contributed by atoms with Gasteiger partial charge in [0.15, 0.2) is 12.0 Å². The van der Waals surface area contributed by atoms with E-state index in [-0.39, 0.29) is 0 Å². The first kappa shape index (κ1) is 11.1. The number of benzene rings is 1. The van der Waals surface area contributed by atoms with Gasteiger partial charge >= 0.3 is 0 Å². The van der Waals surface area contributed by atoms with Gasteiger partial charge in [0, 0.05) is 6.54 Å². The summed E-state index contributed by atoms with van der Waals surface area (Å²) in [5.74, 6) is 1.12. The van der Waals surface area contributed by atoms with Crippen molar-refractivity contribution in [3.8, 4) is 0 Å². The van der Waals surface area contributed by atoms with Crippen LogP contribution >= 0.6 is 0 Å². The molecule has 0 saturated carbocycles. The molecular weight excluding hydrogens is 200 g/mol. The zero-order valence-corrected chi connectivity index (χ0v) is 10.0. The summed E-state index contributed by atoms with van der Waals surface area (Å²) in [4.78, 5) is 4.13. The second kappa shape index (κ2) is 4.66. The van der Waals surface area contributed by atoms with Gasteiger partial charge in [0.2, 0.25) is 0 Å². The molecule has 0 radical (unpaired) electrons. The minimum absolute atomic E-state index is 0.513. The van der Waals surface area contributed by atoms with Crippen LogP contribution in [0.15, 0.2) is 29.0 Å². The van der Waals surface area contributed by atoms with Crippen LogP contribution in [-0.4, -0.2) is 18.6 Å². The topological polar surface area (TPSA) is 38.1 Å². The summed E-state index contributed by atoms with van der Waals surface area (Å²) in [7, 11) is 1.99. The van der Waals surface area contributed by atoms with E-state index in [2.05, 4.69) is 36.3 Å². The molecule has 1 aromatic heterocycles. The molecule has 2 rings (SSSR count). The molecule has 0 spiro atoms. The third-order valence-corrected chi connectivity index (χ3v) is 3.01. The fourth-order valence-electron chi connectivity index (χ4n) is 2.06. The first-order valence-electron chi connectivity index (χ1n) is 5.70. The summed E-state index contributed by atoms with van der Waals surface area (Å²) >= 11 is 0. The van der Waals surface area contributed by atoms with Gasteiger partial charge in [-0.3, -0.25) is 0 Å². The van der Waals surface area contributed by atoms with E-state index in [1.807, 2.05) is 13.1 Å². The Labute approximate surface area is 95.9 Å². The Hall–Kier alpha value is -1.35. The van der Waals surface area contributed by atoms with Gasteiger partial charge < -0.3 is 9.73 Å². The van der Waals surface area contributed by atoms with Gasteiger partial charge in [-0.1, -0.05) is 19.9 Å². The molecule has 0 saturated heterocycles. The number of hydrogen-bond acceptors (Lipinski definition) is 3. The van der Waals surface area contributed by atoms with Crippen LogP contribution in [0.5, 0.6) is 0 Å². The molecule has 0 fully saturated rings. The molecule has 16 heavy (non-hydrogen) atoms. The molecule has 3 nitrogen and oxygen atoms in total. The molecule has 86 valence electrons. The highest BCUT2D eigenvalue weighted by molar-refractivity contribution is 5.72. The number of aromatic nitrogens is 1. The summed E-state index contributed by atoms with van der Waals surface area (Å²) < 4.78 is 5.34. The Morgan fingerprint density at radius 1 is 1.38 bits per heavy atom. The lowest BCUT2D eigenvalue weighted by Crippen LogP contribution is -2.21. The third-order valence-electron chi connectivity index (χ3n) is 3.01. The average Bonchev–Trinajstić information content (AvgIpc) is 2.72. The van der Waals surface area contributed by atoms with E-state index in [4.69, 9.17) is 4.42 Å². The van der Waals surface area contributed by atoms with Crippen molar-refractivity contribution in [3.05, 3.63) is 30.2 Å². The lowest BCUT2D eigenvalue weighted by atomic mass is 9.88. The molecule has 0 aliphatic rings. The van der Waals surface area contributed by atoms with Crippen LogP contribution in [0.3, 0.4) is 0 Å². The standard InChI is InChI=1S/C13H18N2O/c1-9(2)11(7-14-3)10-4-5-12-13(6-10)16-8-15-12/h4-6,8-9,11,14H,7H2,1-3H3. The molecule has 1 atom stereocenters. The largest absolute Gasteiger partial charge is 0.443 e. The van der Waals surface area contributed by atoms with E-state index in [1.54, 1.807) is 0 Å². The van der Waals surface area contributed by atoms with Crippen LogP contribution in [0.1, 0.15) is 25.3 Å². The highest BCUT2D eigenvalue weighted by Gasteiger charge is 2.15. The lowest BCUT2D eigenvalue weighted by Gasteiger charge is -2.20. The quantitative estimate of drug-likeness (QED) is 0.857.